The van der Waals surface area contributed by atoms with E-state index in [1.807, 2.05) is 10.9 Å². The van der Waals surface area contributed by atoms with Crippen LogP contribution in [0.2, 0.25) is 0 Å². The molecule has 10 heteroatoms. The summed E-state index contributed by atoms with van der Waals surface area (Å²) in [5.74, 6) is 0.0162. The maximum atomic E-state index is 13.2. The van der Waals surface area contributed by atoms with Crippen molar-refractivity contribution >= 4 is 17.5 Å². The van der Waals surface area contributed by atoms with E-state index in [1.165, 1.54) is 12.8 Å². The number of aromatic nitrogens is 4. The smallest absolute Gasteiger partial charge is 0.357 e. The van der Waals surface area contributed by atoms with Gasteiger partial charge >= 0.3 is 5.97 Å². The van der Waals surface area contributed by atoms with E-state index in [0.29, 0.717) is 43.9 Å². The Bertz CT molecular complexity index is 1170. The van der Waals surface area contributed by atoms with Crippen LogP contribution in [0.4, 0.5) is 5.95 Å². The van der Waals surface area contributed by atoms with Gasteiger partial charge in [-0.2, -0.15) is 5.10 Å². The number of rotatable bonds is 7. The Hall–Kier alpha value is -2.82. The van der Waals surface area contributed by atoms with E-state index in [4.69, 9.17) is 28.9 Å². The molecule has 2 aliphatic heterocycles. The van der Waals surface area contributed by atoms with Crippen molar-refractivity contribution in [3.8, 4) is 0 Å². The number of carbonyl (C=O) groups is 1. The van der Waals surface area contributed by atoms with E-state index in [1.54, 1.807) is 6.92 Å². The van der Waals surface area contributed by atoms with Gasteiger partial charge in [-0.3, -0.25) is 4.68 Å². The molecule has 3 fully saturated rings. The fraction of sp³-hybridized carbons (Fsp3) is 0.630. The molecule has 0 unspecified atom stereocenters. The van der Waals surface area contributed by atoms with Gasteiger partial charge in [-0.05, 0) is 57.9 Å². The van der Waals surface area contributed by atoms with E-state index in [0.717, 1.165) is 42.5 Å². The molecule has 10 nitrogen and oxygen atoms in total. The highest BCUT2D eigenvalue weighted by molar-refractivity contribution is 5.91. The Morgan fingerprint density at radius 1 is 1.16 bits per heavy atom. The summed E-state index contributed by atoms with van der Waals surface area (Å²) in [4.78, 5) is 25.2. The molecule has 37 heavy (non-hydrogen) atoms. The standard InChI is InChI=1S/C27H35N5O5/c1-3-34-25(33)24-22(26-35-11-12-36-26)23(18-7-5-4-6-8-18)29-27(30-24)31-14-17(2)37-21(16-31)19-13-28-32(15-19)20-9-10-20/h7,13,15,17,20-21,26H,3-6,8-12,14,16H2,1-2H3/t17-,21-/m1/s1. The van der Waals surface area contributed by atoms with Gasteiger partial charge < -0.3 is 23.8 Å². The average Bonchev–Trinajstić information content (AvgIpc) is 3.40. The van der Waals surface area contributed by atoms with Gasteiger partial charge in [0.1, 0.15) is 6.10 Å². The van der Waals surface area contributed by atoms with Crippen LogP contribution in [-0.4, -0.2) is 64.7 Å². The molecule has 0 radical (unpaired) electrons. The average molecular weight is 510 g/mol. The summed E-state index contributed by atoms with van der Waals surface area (Å²) in [5, 5.41) is 4.56. The first-order valence-electron chi connectivity index (χ1n) is 13.6. The number of hydrogen-bond donors (Lipinski definition) is 0. The zero-order chi connectivity index (χ0) is 25.4. The number of hydrogen-bond acceptors (Lipinski definition) is 9. The van der Waals surface area contributed by atoms with Crippen LogP contribution in [0, 0.1) is 0 Å². The predicted molar refractivity (Wildman–Crippen MR) is 135 cm³/mol. The van der Waals surface area contributed by atoms with Crippen molar-refractivity contribution < 1.29 is 23.7 Å². The Morgan fingerprint density at radius 2 is 2.00 bits per heavy atom. The van der Waals surface area contributed by atoms with Crippen LogP contribution in [0.15, 0.2) is 18.5 Å². The van der Waals surface area contributed by atoms with E-state index < -0.39 is 12.3 Å². The van der Waals surface area contributed by atoms with Crippen LogP contribution < -0.4 is 4.90 Å². The zero-order valence-electron chi connectivity index (χ0n) is 21.6. The van der Waals surface area contributed by atoms with E-state index in [-0.39, 0.29) is 24.5 Å². The van der Waals surface area contributed by atoms with E-state index in [2.05, 4.69) is 29.2 Å². The lowest BCUT2D eigenvalue weighted by Gasteiger charge is -2.37. The highest BCUT2D eigenvalue weighted by Crippen LogP contribution is 2.38. The molecule has 0 bridgehead atoms. The zero-order valence-corrected chi connectivity index (χ0v) is 21.6. The molecule has 0 N–H and O–H groups in total. The Labute approximate surface area is 216 Å². The Morgan fingerprint density at radius 3 is 2.73 bits per heavy atom. The molecule has 0 amide bonds. The minimum absolute atomic E-state index is 0.0452. The number of esters is 1. The normalized spacial score (nSPS) is 24.8. The summed E-state index contributed by atoms with van der Waals surface area (Å²) in [5.41, 5.74) is 3.69. The van der Waals surface area contributed by atoms with Crippen molar-refractivity contribution in [2.24, 2.45) is 0 Å². The van der Waals surface area contributed by atoms with E-state index >= 15 is 0 Å². The Balaban J connectivity index is 1.39. The molecule has 0 aromatic carbocycles. The lowest BCUT2D eigenvalue weighted by molar-refractivity contribution is -0.0457. The SMILES string of the molecule is CCOC(=O)c1nc(N2C[C@@H](C)O[C@@H](c3cnn(C4CC4)c3)C2)nc(C2=CCCCC2)c1C1OCCO1. The summed E-state index contributed by atoms with van der Waals surface area (Å²) < 4.78 is 25.5. The third kappa shape index (κ3) is 5.15. The van der Waals surface area contributed by atoms with Gasteiger partial charge in [0, 0.05) is 18.3 Å². The van der Waals surface area contributed by atoms with Crippen LogP contribution in [0.25, 0.3) is 5.57 Å². The number of ether oxygens (including phenoxy) is 4. The van der Waals surface area contributed by atoms with Crippen LogP contribution in [0.3, 0.4) is 0 Å². The second-order valence-electron chi connectivity index (χ2n) is 10.2. The highest BCUT2D eigenvalue weighted by atomic mass is 16.7. The molecule has 4 aliphatic rings. The minimum Gasteiger partial charge on any atom is -0.461 e. The van der Waals surface area contributed by atoms with Crippen LogP contribution in [-0.2, 0) is 18.9 Å². The van der Waals surface area contributed by atoms with Crippen LogP contribution in [0.1, 0.15) is 98.1 Å². The third-order valence-electron chi connectivity index (χ3n) is 7.31. The van der Waals surface area contributed by atoms with Crippen LogP contribution in [0.5, 0.6) is 0 Å². The van der Waals surface area contributed by atoms with Gasteiger partial charge in [-0.15, -0.1) is 0 Å². The topological polar surface area (TPSA) is 101 Å². The number of carbonyl (C=O) groups excluding carboxylic acids is 1. The molecule has 2 atom stereocenters. The van der Waals surface area contributed by atoms with Gasteiger partial charge in [0.05, 0.1) is 56.0 Å². The van der Waals surface area contributed by atoms with Gasteiger partial charge in [-0.25, -0.2) is 14.8 Å². The lowest BCUT2D eigenvalue weighted by Crippen LogP contribution is -2.44. The number of anilines is 1. The van der Waals surface area contributed by atoms with Crippen molar-refractivity contribution in [2.75, 3.05) is 37.8 Å². The van der Waals surface area contributed by atoms with Crippen LogP contribution >= 0.6 is 0 Å². The van der Waals surface area contributed by atoms with Gasteiger partial charge in [-0.1, -0.05) is 6.08 Å². The molecule has 2 aliphatic carbocycles. The van der Waals surface area contributed by atoms with Crippen molar-refractivity contribution in [1.29, 1.82) is 0 Å². The summed E-state index contributed by atoms with van der Waals surface area (Å²) >= 11 is 0. The van der Waals surface area contributed by atoms with Crippen molar-refractivity contribution in [3.05, 3.63) is 41.0 Å². The number of nitrogens with zero attached hydrogens (tertiary/aromatic N) is 5. The second kappa shape index (κ2) is 10.5. The fourth-order valence-electron chi connectivity index (χ4n) is 5.36. The van der Waals surface area contributed by atoms with Crippen molar-refractivity contribution in [2.45, 2.75) is 76.9 Å². The largest absolute Gasteiger partial charge is 0.461 e. The molecule has 1 saturated carbocycles. The van der Waals surface area contributed by atoms with Gasteiger partial charge in [0.2, 0.25) is 5.95 Å². The van der Waals surface area contributed by atoms with E-state index in [9.17, 15) is 4.79 Å². The molecule has 2 aromatic rings. The monoisotopic (exact) mass is 509 g/mol. The predicted octanol–water partition coefficient (Wildman–Crippen LogP) is 4.15. The molecular weight excluding hydrogens is 474 g/mol. The molecule has 4 heterocycles. The first kappa shape index (κ1) is 24.5. The molecule has 0 spiro atoms. The molecule has 6 rings (SSSR count). The van der Waals surface area contributed by atoms with Gasteiger partial charge in [0.25, 0.3) is 0 Å². The minimum atomic E-state index is -0.684. The summed E-state index contributed by atoms with van der Waals surface area (Å²) in [6.07, 6.45) is 11.8. The first-order chi connectivity index (χ1) is 18.1. The third-order valence-corrected chi connectivity index (χ3v) is 7.31. The molecule has 2 saturated heterocycles. The summed E-state index contributed by atoms with van der Waals surface area (Å²) in [7, 11) is 0. The maximum Gasteiger partial charge on any atom is 0.357 e. The molecular formula is C27H35N5O5. The first-order valence-corrected chi connectivity index (χ1v) is 13.6. The molecule has 2 aromatic heterocycles. The summed E-state index contributed by atoms with van der Waals surface area (Å²) in [6, 6.07) is 0.514. The maximum absolute atomic E-state index is 13.2. The van der Waals surface area contributed by atoms with Crippen molar-refractivity contribution in [1.82, 2.24) is 19.7 Å². The summed E-state index contributed by atoms with van der Waals surface area (Å²) in [6.45, 7) is 6.21. The highest BCUT2D eigenvalue weighted by Gasteiger charge is 2.36. The number of morpholine rings is 1. The fourth-order valence-corrected chi connectivity index (χ4v) is 5.36. The lowest BCUT2D eigenvalue weighted by atomic mass is 9.93. The van der Waals surface area contributed by atoms with Crippen molar-refractivity contribution in [3.63, 3.8) is 0 Å². The number of allylic oxidation sites excluding steroid dienone is 2. The molecule has 198 valence electrons. The van der Waals surface area contributed by atoms with Gasteiger partial charge in [0.15, 0.2) is 12.0 Å². The second-order valence-corrected chi connectivity index (χ2v) is 10.2. The quantitative estimate of drug-likeness (QED) is 0.509. The Kier molecular flexibility index (Phi) is 6.96.